The zero-order valence-electron chi connectivity index (χ0n) is 19.0. The maximum atomic E-state index is 13.1. The summed E-state index contributed by atoms with van der Waals surface area (Å²) in [5.74, 6) is -0.570. The monoisotopic (exact) mass is 427 g/mol. The summed E-state index contributed by atoms with van der Waals surface area (Å²) in [5.41, 5.74) is 2.05. The van der Waals surface area contributed by atoms with E-state index in [4.69, 9.17) is 0 Å². The van der Waals surface area contributed by atoms with E-state index in [0.717, 1.165) is 24.1 Å². The van der Waals surface area contributed by atoms with Crippen LogP contribution in [0.3, 0.4) is 0 Å². The highest BCUT2D eigenvalue weighted by Crippen LogP contribution is 2.35. The second-order valence-corrected chi connectivity index (χ2v) is 9.80. The minimum atomic E-state index is -0.780. The van der Waals surface area contributed by atoms with Crippen molar-refractivity contribution < 1.29 is 14.4 Å². The molecule has 0 unspecified atom stereocenters. The molecule has 0 radical (unpaired) electrons. The van der Waals surface area contributed by atoms with Crippen molar-refractivity contribution >= 4 is 17.7 Å². The van der Waals surface area contributed by atoms with Crippen LogP contribution in [0.15, 0.2) is 6.07 Å². The normalized spacial score (nSPS) is 21.7. The van der Waals surface area contributed by atoms with E-state index in [9.17, 15) is 19.6 Å². The lowest BCUT2D eigenvalue weighted by Gasteiger charge is -2.28. The lowest BCUT2D eigenvalue weighted by atomic mass is 9.92. The lowest BCUT2D eigenvalue weighted by Crippen LogP contribution is -2.50. The van der Waals surface area contributed by atoms with Crippen LogP contribution in [0.1, 0.15) is 67.7 Å². The van der Waals surface area contributed by atoms with Gasteiger partial charge in [0.05, 0.1) is 6.07 Å². The Balaban J connectivity index is 1.69. The van der Waals surface area contributed by atoms with Gasteiger partial charge in [-0.1, -0.05) is 12.8 Å². The molecule has 2 fully saturated rings. The highest BCUT2D eigenvalue weighted by Gasteiger charge is 2.40. The number of rotatable bonds is 8. The van der Waals surface area contributed by atoms with Crippen molar-refractivity contribution in [2.45, 2.75) is 77.4 Å². The Morgan fingerprint density at radius 3 is 2.48 bits per heavy atom. The molecule has 0 aromatic carbocycles. The van der Waals surface area contributed by atoms with Crippen molar-refractivity contribution in [2.75, 3.05) is 7.05 Å². The Morgan fingerprint density at radius 2 is 2.00 bits per heavy atom. The molecule has 1 saturated carbocycles. The molecule has 8 heteroatoms. The fourth-order valence-electron chi connectivity index (χ4n) is 4.30. The third kappa shape index (κ3) is 5.46. The van der Waals surface area contributed by atoms with Gasteiger partial charge in [0.25, 0.3) is 5.91 Å². The van der Waals surface area contributed by atoms with Gasteiger partial charge in [0.2, 0.25) is 11.8 Å². The van der Waals surface area contributed by atoms with Crippen molar-refractivity contribution in [1.82, 2.24) is 20.5 Å². The van der Waals surface area contributed by atoms with E-state index < -0.39 is 12.1 Å². The summed E-state index contributed by atoms with van der Waals surface area (Å²) in [4.78, 5) is 42.9. The number of hydrogen-bond acceptors (Lipinski definition) is 4. The summed E-state index contributed by atoms with van der Waals surface area (Å²) in [6.07, 6.45) is 3.55. The molecule has 3 rings (SSSR count). The summed E-state index contributed by atoms with van der Waals surface area (Å²) in [6, 6.07) is 2.47. The predicted octanol–water partition coefficient (Wildman–Crippen LogP) is 2.19. The van der Waals surface area contributed by atoms with E-state index in [-0.39, 0.29) is 35.6 Å². The van der Waals surface area contributed by atoms with Crippen LogP contribution in [0.2, 0.25) is 0 Å². The largest absolute Gasteiger partial charge is 0.354 e. The van der Waals surface area contributed by atoms with Crippen LogP contribution in [-0.2, 0) is 9.59 Å². The first kappa shape index (κ1) is 22.9. The third-order valence-corrected chi connectivity index (χ3v) is 6.43. The standard InChI is InChI=1S/C23H33N5O3/c1-13-8-18(25-14(13)2)22(31)28(5)19(9-15-6-7-15)21(30)26-17(12-24)10-16-11-23(3,4)27-20(16)29/h8,15-17,19,25H,6-7,9-11H2,1-5H3,(H,26,30)(H,27,29)/t16-,17+,19+/m1/s1. The number of H-pyrrole nitrogens is 1. The zero-order chi connectivity index (χ0) is 22.9. The predicted molar refractivity (Wildman–Crippen MR) is 116 cm³/mol. The van der Waals surface area contributed by atoms with Crippen molar-refractivity contribution in [2.24, 2.45) is 11.8 Å². The van der Waals surface area contributed by atoms with Crippen LogP contribution in [-0.4, -0.2) is 52.3 Å². The highest BCUT2D eigenvalue weighted by atomic mass is 16.2. The number of hydrogen-bond donors (Lipinski definition) is 3. The Hall–Kier alpha value is -2.82. The summed E-state index contributed by atoms with van der Waals surface area (Å²) in [7, 11) is 1.63. The maximum absolute atomic E-state index is 13.1. The van der Waals surface area contributed by atoms with Gasteiger partial charge in [0.1, 0.15) is 17.8 Å². The summed E-state index contributed by atoms with van der Waals surface area (Å²) < 4.78 is 0. The zero-order valence-corrected chi connectivity index (χ0v) is 19.0. The van der Waals surface area contributed by atoms with E-state index in [0.29, 0.717) is 24.5 Å². The van der Waals surface area contributed by atoms with Gasteiger partial charge in [-0.3, -0.25) is 14.4 Å². The first-order chi connectivity index (χ1) is 14.5. The Morgan fingerprint density at radius 1 is 1.32 bits per heavy atom. The average Bonchev–Trinajstić information content (AvgIpc) is 3.40. The number of nitrogens with one attached hydrogen (secondary N) is 3. The number of nitrogens with zero attached hydrogens (tertiary/aromatic N) is 2. The van der Waals surface area contributed by atoms with Crippen molar-refractivity contribution in [3.63, 3.8) is 0 Å². The van der Waals surface area contributed by atoms with Crippen LogP contribution in [0.5, 0.6) is 0 Å². The second kappa shape index (κ2) is 8.74. The molecule has 1 saturated heterocycles. The number of aromatic amines is 1. The first-order valence-corrected chi connectivity index (χ1v) is 11.0. The van der Waals surface area contributed by atoms with Gasteiger partial charge < -0.3 is 20.5 Å². The second-order valence-electron chi connectivity index (χ2n) is 9.80. The molecule has 2 aliphatic rings. The van der Waals surface area contributed by atoms with Gasteiger partial charge in [0.15, 0.2) is 0 Å². The molecule has 0 spiro atoms. The SMILES string of the molecule is Cc1cc(C(=O)N(C)[C@@H](CC2CC2)C(=O)N[C@H](C#N)C[C@@H]2CC(C)(C)NC2=O)[nH]c1C. The summed E-state index contributed by atoms with van der Waals surface area (Å²) in [6.45, 7) is 7.72. The van der Waals surface area contributed by atoms with Gasteiger partial charge in [0, 0.05) is 24.2 Å². The molecule has 31 heavy (non-hydrogen) atoms. The van der Waals surface area contributed by atoms with Gasteiger partial charge in [-0.2, -0.15) is 5.26 Å². The molecule has 2 heterocycles. The van der Waals surface area contributed by atoms with E-state index in [1.807, 2.05) is 27.7 Å². The van der Waals surface area contributed by atoms with Crippen molar-refractivity contribution in [1.29, 1.82) is 5.26 Å². The van der Waals surface area contributed by atoms with E-state index in [1.54, 1.807) is 13.1 Å². The van der Waals surface area contributed by atoms with Gasteiger partial charge in [-0.05, 0) is 64.5 Å². The molecule has 8 nitrogen and oxygen atoms in total. The van der Waals surface area contributed by atoms with Crippen molar-refractivity contribution in [3.8, 4) is 6.07 Å². The quantitative estimate of drug-likeness (QED) is 0.589. The van der Waals surface area contributed by atoms with Gasteiger partial charge in [-0.15, -0.1) is 0 Å². The van der Waals surface area contributed by atoms with E-state index >= 15 is 0 Å². The Labute approximate surface area is 183 Å². The minimum absolute atomic E-state index is 0.0844. The molecule has 1 aliphatic heterocycles. The molecule has 0 bridgehead atoms. The highest BCUT2D eigenvalue weighted by molar-refractivity contribution is 5.96. The Kier molecular flexibility index (Phi) is 6.44. The number of aromatic nitrogens is 1. The number of carbonyl (C=O) groups excluding carboxylic acids is 3. The minimum Gasteiger partial charge on any atom is -0.354 e. The lowest BCUT2D eigenvalue weighted by molar-refractivity contribution is -0.127. The molecule has 3 N–H and O–H groups in total. The molecule has 168 valence electrons. The van der Waals surface area contributed by atoms with Crippen LogP contribution in [0.25, 0.3) is 0 Å². The van der Waals surface area contributed by atoms with E-state index in [1.165, 1.54) is 4.90 Å². The number of amides is 3. The molecule has 1 aromatic heterocycles. The molecule has 1 aromatic rings. The number of carbonyl (C=O) groups is 3. The average molecular weight is 428 g/mol. The topological polar surface area (TPSA) is 118 Å². The molecule has 3 amide bonds. The third-order valence-electron chi connectivity index (χ3n) is 6.43. The van der Waals surface area contributed by atoms with Crippen LogP contribution in [0, 0.1) is 37.0 Å². The molecular formula is C23H33N5O3. The van der Waals surface area contributed by atoms with Crippen LogP contribution < -0.4 is 10.6 Å². The summed E-state index contributed by atoms with van der Waals surface area (Å²) in [5, 5.41) is 15.3. The summed E-state index contributed by atoms with van der Waals surface area (Å²) >= 11 is 0. The number of likely N-dealkylation sites (N-methyl/N-ethyl adjacent to an activating group) is 1. The number of nitriles is 1. The fraction of sp³-hybridized carbons (Fsp3) is 0.652. The maximum Gasteiger partial charge on any atom is 0.270 e. The van der Waals surface area contributed by atoms with Gasteiger partial charge in [-0.25, -0.2) is 0 Å². The Bertz CT molecular complexity index is 889. The fourth-order valence-corrected chi connectivity index (χ4v) is 4.30. The van der Waals surface area contributed by atoms with Crippen LogP contribution >= 0.6 is 0 Å². The molecular weight excluding hydrogens is 394 g/mol. The van der Waals surface area contributed by atoms with Crippen molar-refractivity contribution in [3.05, 3.63) is 23.0 Å². The smallest absolute Gasteiger partial charge is 0.270 e. The molecule has 1 aliphatic carbocycles. The number of aryl methyl sites for hydroxylation is 2. The molecule has 3 atom stereocenters. The van der Waals surface area contributed by atoms with Crippen LogP contribution in [0.4, 0.5) is 0 Å². The van der Waals surface area contributed by atoms with E-state index in [2.05, 4.69) is 21.7 Å². The first-order valence-electron chi connectivity index (χ1n) is 11.0. The van der Waals surface area contributed by atoms with Gasteiger partial charge >= 0.3 is 0 Å².